The van der Waals surface area contributed by atoms with E-state index < -0.39 is 0 Å². The van der Waals surface area contributed by atoms with Crippen LogP contribution < -0.4 is 0 Å². The van der Waals surface area contributed by atoms with Gasteiger partial charge in [-0.05, 0) is 0 Å². The maximum Gasteiger partial charge on any atom is 0.0344 e. The Labute approximate surface area is 267 Å². The predicted octanol–water partition coefficient (Wildman–Crippen LogP) is 5.38. The molecule has 15 heteroatoms. The predicted molar refractivity (Wildman–Crippen MR) is 128 cm³/mol. The number of amides is 6. The summed E-state index contributed by atoms with van der Waals surface area (Å²) in [7, 11) is 0. The van der Waals surface area contributed by atoms with Gasteiger partial charge in [-0.25, -0.2) is 36.4 Å². The summed E-state index contributed by atoms with van der Waals surface area (Å²) in [6.07, 6.45) is 0. The van der Waals surface area contributed by atoms with Crippen molar-refractivity contribution in [1.29, 1.82) is 0 Å². The molecule has 3 aromatic rings. The third-order valence-corrected chi connectivity index (χ3v) is 1.67. The molecule has 0 aliphatic rings. The molecule has 0 saturated heterocycles. The molecule has 3 aromatic carbocycles. The van der Waals surface area contributed by atoms with Gasteiger partial charge < -0.3 is 63.2 Å². The molecule has 36 heavy (non-hydrogen) atoms. The van der Waals surface area contributed by atoms with Gasteiger partial charge in [0.1, 0.15) is 0 Å². The second-order valence-corrected chi connectivity index (χ2v) is 3.59. The molecule has 0 spiro atoms. The molecule has 0 aliphatic heterocycles. The van der Waals surface area contributed by atoms with Gasteiger partial charge in [0.25, 0.3) is 0 Å². The SMILES string of the molecule is [Hf].[Hf].[Hf].[NH-]C=O.[NH-]C=O.[NH-]C=O.[NH-]C=O.[NH-]C=O.[NH-]C=O.c1cc[cH-]c1.c1cc[cH-]c1.c1cc[cH-]c1. The van der Waals surface area contributed by atoms with Crippen LogP contribution in [0.5, 0.6) is 0 Å². The van der Waals surface area contributed by atoms with E-state index in [4.69, 9.17) is 63.2 Å². The van der Waals surface area contributed by atoms with Gasteiger partial charge in [0.15, 0.2) is 0 Å². The molecule has 6 N–H and O–H groups in total. The van der Waals surface area contributed by atoms with E-state index in [2.05, 4.69) is 0 Å². The maximum absolute atomic E-state index is 8.47. The first-order chi connectivity index (χ1) is 16.0. The van der Waals surface area contributed by atoms with Crippen LogP contribution in [0.15, 0.2) is 91.0 Å². The minimum absolute atomic E-state index is 0. The molecule has 3 rings (SSSR count). The van der Waals surface area contributed by atoms with Crippen LogP contribution >= 0.6 is 0 Å². The Hall–Kier alpha value is -2.52. The normalized spacial score (nSPS) is 5.33. The molecule has 0 radical (unpaired) electrons. The Morgan fingerprint density at radius 2 is 0.417 bits per heavy atom. The van der Waals surface area contributed by atoms with Crippen molar-refractivity contribution in [2.45, 2.75) is 0 Å². The summed E-state index contributed by atoms with van der Waals surface area (Å²) in [6.45, 7) is 0. The molecule has 198 valence electrons. The zero-order valence-electron chi connectivity index (χ0n) is 19.1. The summed E-state index contributed by atoms with van der Waals surface area (Å²) in [6, 6.07) is 30.0. The minimum atomic E-state index is 0. The van der Waals surface area contributed by atoms with Crippen LogP contribution in [-0.4, -0.2) is 38.5 Å². The summed E-state index contributed by atoms with van der Waals surface area (Å²) < 4.78 is 0. The van der Waals surface area contributed by atoms with Crippen LogP contribution in [0.1, 0.15) is 0 Å². The summed E-state index contributed by atoms with van der Waals surface area (Å²) >= 11 is 0. The fourth-order valence-electron chi connectivity index (χ4n) is 0.962. The number of hydrogen-bond acceptors (Lipinski definition) is 6. The molecule has 0 aromatic heterocycles. The number of rotatable bonds is 0. The molecule has 0 heterocycles. The van der Waals surface area contributed by atoms with Gasteiger partial charge in [-0.3, -0.25) is 0 Å². The van der Waals surface area contributed by atoms with E-state index >= 15 is 0 Å². The van der Waals surface area contributed by atoms with Crippen LogP contribution in [0.3, 0.4) is 0 Å². The summed E-state index contributed by atoms with van der Waals surface area (Å²) in [5.41, 5.74) is 33.2. The smallest absolute Gasteiger partial charge is 0.0344 e. The molecule has 0 unspecified atom stereocenters. The van der Waals surface area contributed by atoms with Crippen LogP contribution in [0.4, 0.5) is 0 Å². The van der Waals surface area contributed by atoms with E-state index in [0.29, 0.717) is 0 Å². The van der Waals surface area contributed by atoms with Crippen LogP contribution in [0.25, 0.3) is 34.4 Å². The van der Waals surface area contributed by atoms with Crippen molar-refractivity contribution in [2.24, 2.45) is 0 Å². The van der Waals surface area contributed by atoms with Crippen molar-refractivity contribution in [1.82, 2.24) is 0 Å². The zero-order valence-corrected chi connectivity index (χ0v) is 29.9. The molecule has 0 saturated carbocycles. The van der Waals surface area contributed by atoms with E-state index in [0.717, 1.165) is 0 Å². The monoisotopic (exact) mass is 999 g/mol. The topological polar surface area (TPSA) is 245 Å². The molecule has 0 atom stereocenters. The Bertz CT molecular complexity index is 485. The molecule has 0 fully saturated rings. The molecular formula is C21H27Hf3N6O6-9. The van der Waals surface area contributed by atoms with Crippen LogP contribution in [-0.2, 0) is 106 Å². The first kappa shape index (κ1) is 58.9. The van der Waals surface area contributed by atoms with Gasteiger partial charge in [0, 0.05) is 116 Å². The first-order valence-corrected chi connectivity index (χ1v) is 8.15. The van der Waals surface area contributed by atoms with Gasteiger partial charge in [0.2, 0.25) is 0 Å². The summed E-state index contributed by atoms with van der Waals surface area (Å²) in [4.78, 5) is 50.8. The van der Waals surface area contributed by atoms with Gasteiger partial charge in [-0.1, -0.05) is 0 Å². The molecule has 0 aliphatic carbocycles. The van der Waals surface area contributed by atoms with Crippen molar-refractivity contribution in [2.75, 3.05) is 0 Å². The average Bonchev–Trinajstić information content (AvgIpc) is 3.60. The summed E-state index contributed by atoms with van der Waals surface area (Å²) in [5.74, 6) is 0. The number of carbonyl (C=O) groups is 6. The summed E-state index contributed by atoms with van der Waals surface area (Å²) in [5, 5.41) is 0. The molecule has 0 bridgehead atoms. The Morgan fingerprint density at radius 1 is 0.333 bits per heavy atom. The molecule has 12 nitrogen and oxygen atoms in total. The molecule has 6 amide bonds. The number of carbonyl (C=O) groups excluding carboxylic acids is 6. The van der Waals surface area contributed by atoms with Gasteiger partial charge in [-0.15, -0.1) is 0 Å². The van der Waals surface area contributed by atoms with E-state index in [1.54, 1.807) is 0 Å². The number of hydrogen-bond donors (Lipinski definition) is 0. The largest absolute Gasteiger partial charge is 0.671 e. The minimum Gasteiger partial charge on any atom is -0.671 e. The van der Waals surface area contributed by atoms with Gasteiger partial charge >= 0.3 is 0 Å². The van der Waals surface area contributed by atoms with Crippen molar-refractivity contribution >= 4 is 38.5 Å². The van der Waals surface area contributed by atoms with Crippen molar-refractivity contribution in [3.05, 3.63) is 125 Å². The third kappa shape index (κ3) is 188. The van der Waals surface area contributed by atoms with E-state index in [9.17, 15) is 0 Å². The van der Waals surface area contributed by atoms with E-state index in [1.165, 1.54) is 0 Å². The van der Waals surface area contributed by atoms with Crippen LogP contribution in [0, 0.1) is 0 Å². The Morgan fingerprint density at radius 3 is 0.444 bits per heavy atom. The second-order valence-electron chi connectivity index (χ2n) is 3.59. The standard InChI is InChI=1S/3C5H5.6CH3NO.3Hf/c3*1-2-4-5-3-1;6*2-1-3;;;/h3*1-5H;6*1H,(H2,2,3);;;/q3*-1;;;;;;;;;/p-6. The Kier molecular flexibility index (Phi) is 154. The average molecular weight is 995 g/mol. The van der Waals surface area contributed by atoms with Crippen molar-refractivity contribution in [3.8, 4) is 0 Å². The van der Waals surface area contributed by atoms with E-state index in [1.807, 2.05) is 91.0 Å². The van der Waals surface area contributed by atoms with Crippen LogP contribution in [0.2, 0.25) is 0 Å². The molecular weight excluding hydrogens is 968 g/mol. The van der Waals surface area contributed by atoms with Crippen molar-refractivity contribution < 1.29 is 106 Å². The quantitative estimate of drug-likeness (QED) is 0.163. The van der Waals surface area contributed by atoms with Gasteiger partial charge in [0.05, 0.1) is 0 Å². The fraction of sp³-hybridized carbons (Fsp3) is 0. The number of nitrogens with one attached hydrogen (secondary N) is 6. The second kappa shape index (κ2) is 94.2. The van der Waals surface area contributed by atoms with E-state index in [-0.39, 0.29) is 116 Å². The third-order valence-electron chi connectivity index (χ3n) is 1.67. The van der Waals surface area contributed by atoms with Gasteiger partial charge in [-0.2, -0.15) is 54.6 Å². The Balaban J connectivity index is -0.0000000327. The fourth-order valence-corrected chi connectivity index (χ4v) is 0.962. The first-order valence-electron chi connectivity index (χ1n) is 8.15. The van der Waals surface area contributed by atoms with Crippen molar-refractivity contribution in [3.63, 3.8) is 0 Å². The maximum atomic E-state index is 8.47. The zero-order chi connectivity index (χ0) is 26.8.